The zero-order chi connectivity index (χ0) is 21.8. The molecule has 1 fully saturated rings. The molecular formula is C22H22FN5O3. The minimum Gasteiger partial charge on any atom is -0.442 e. The normalized spacial score (nSPS) is 15.7. The number of anilines is 1. The highest BCUT2D eigenvalue weighted by molar-refractivity contribution is 5.90. The number of nitrogens with one attached hydrogen (secondary N) is 1. The van der Waals surface area contributed by atoms with E-state index in [0.29, 0.717) is 11.3 Å². The van der Waals surface area contributed by atoms with Gasteiger partial charge in [-0.1, -0.05) is 29.5 Å². The van der Waals surface area contributed by atoms with Gasteiger partial charge in [-0.2, -0.15) is 0 Å². The number of benzene rings is 2. The van der Waals surface area contributed by atoms with E-state index in [-0.39, 0.29) is 19.0 Å². The summed E-state index contributed by atoms with van der Waals surface area (Å²) in [6.45, 7) is 2.59. The van der Waals surface area contributed by atoms with E-state index in [1.54, 1.807) is 23.0 Å². The van der Waals surface area contributed by atoms with Crippen molar-refractivity contribution in [2.75, 3.05) is 18.0 Å². The number of nitrogens with zero attached hydrogens (tertiary/aromatic N) is 4. The van der Waals surface area contributed by atoms with Crippen LogP contribution in [0.25, 0.3) is 11.1 Å². The van der Waals surface area contributed by atoms with E-state index in [1.165, 1.54) is 17.9 Å². The summed E-state index contributed by atoms with van der Waals surface area (Å²) in [6.07, 6.45) is 3.22. The Kier molecular flexibility index (Phi) is 5.92. The van der Waals surface area contributed by atoms with Crippen LogP contribution in [-0.2, 0) is 22.5 Å². The summed E-state index contributed by atoms with van der Waals surface area (Å²) >= 11 is 0. The summed E-state index contributed by atoms with van der Waals surface area (Å²) in [4.78, 5) is 24.5. The lowest BCUT2D eigenvalue weighted by molar-refractivity contribution is -0.119. The van der Waals surface area contributed by atoms with Gasteiger partial charge in [0.2, 0.25) is 5.91 Å². The largest absolute Gasteiger partial charge is 0.442 e. The number of ether oxygens (including phenoxy) is 1. The first-order valence-electron chi connectivity index (χ1n) is 9.95. The number of hydrogen-bond acceptors (Lipinski definition) is 5. The highest BCUT2D eigenvalue weighted by Crippen LogP contribution is 2.29. The number of hydrogen-bond donors (Lipinski definition) is 1. The quantitative estimate of drug-likeness (QED) is 0.631. The van der Waals surface area contributed by atoms with Crippen LogP contribution in [0.4, 0.5) is 14.9 Å². The fourth-order valence-corrected chi connectivity index (χ4v) is 3.45. The van der Waals surface area contributed by atoms with Gasteiger partial charge < -0.3 is 10.1 Å². The first-order valence-corrected chi connectivity index (χ1v) is 9.95. The van der Waals surface area contributed by atoms with Crippen LogP contribution in [0.3, 0.4) is 0 Å². The molecule has 31 heavy (non-hydrogen) atoms. The molecular weight excluding hydrogens is 401 g/mol. The SMILES string of the molecule is CC(=O)NCC1CN(c2ccc(-c3ccc(CCn4ccnn4)cc3)c(F)c2)C(=O)O1. The van der Waals surface area contributed by atoms with E-state index in [0.717, 1.165) is 24.1 Å². The molecule has 8 nitrogen and oxygen atoms in total. The number of carbonyl (C=O) groups is 2. The van der Waals surface area contributed by atoms with Crippen molar-refractivity contribution >= 4 is 17.7 Å². The van der Waals surface area contributed by atoms with Crippen molar-refractivity contribution in [1.82, 2.24) is 20.3 Å². The predicted molar refractivity (Wildman–Crippen MR) is 112 cm³/mol. The van der Waals surface area contributed by atoms with Crippen molar-refractivity contribution in [1.29, 1.82) is 0 Å². The fourth-order valence-electron chi connectivity index (χ4n) is 3.45. The molecule has 2 heterocycles. The van der Waals surface area contributed by atoms with Gasteiger partial charge in [-0.25, -0.2) is 9.18 Å². The lowest BCUT2D eigenvalue weighted by atomic mass is 10.0. The van der Waals surface area contributed by atoms with Crippen molar-refractivity contribution in [2.45, 2.75) is 26.0 Å². The van der Waals surface area contributed by atoms with Gasteiger partial charge in [0.1, 0.15) is 11.9 Å². The fraction of sp³-hybridized carbons (Fsp3) is 0.273. The number of rotatable bonds is 7. The Morgan fingerprint density at radius 1 is 1.26 bits per heavy atom. The number of carbonyl (C=O) groups excluding carboxylic acids is 2. The molecule has 9 heteroatoms. The van der Waals surface area contributed by atoms with Crippen molar-refractivity contribution < 1.29 is 18.7 Å². The van der Waals surface area contributed by atoms with Crippen LogP contribution in [0, 0.1) is 5.82 Å². The molecule has 1 atom stereocenters. The van der Waals surface area contributed by atoms with Gasteiger partial charge in [0.25, 0.3) is 0 Å². The van der Waals surface area contributed by atoms with E-state index in [1.807, 2.05) is 30.5 Å². The summed E-state index contributed by atoms with van der Waals surface area (Å²) in [5, 5.41) is 10.3. The van der Waals surface area contributed by atoms with Gasteiger partial charge in [0.15, 0.2) is 0 Å². The van der Waals surface area contributed by atoms with Crippen LogP contribution in [-0.4, -0.2) is 46.2 Å². The van der Waals surface area contributed by atoms with E-state index >= 15 is 0 Å². The molecule has 0 radical (unpaired) electrons. The molecule has 0 aliphatic carbocycles. The second-order valence-electron chi connectivity index (χ2n) is 7.33. The monoisotopic (exact) mass is 423 g/mol. The molecule has 3 aromatic rings. The summed E-state index contributed by atoms with van der Waals surface area (Å²) in [5.41, 5.74) is 2.73. The van der Waals surface area contributed by atoms with E-state index in [2.05, 4.69) is 15.6 Å². The van der Waals surface area contributed by atoms with Crippen LogP contribution in [0.15, 0.2) is 54.9 Å². The molecule has 1 aliphatic heterocycles. The highest BCUT2D eigenvalue weighted by atomic mass is 19.1. The summed E-state index contributed by atoms with van der Waals surface area (Å²) < 4.78 is 21.8. The first-order chi connectivity index (χ1) is 15.0. The number of aromatic nitrogens is 3. The number of halogens is 1. The second-order valence-corrected chi connectivity index (χ2v) is 7.33. The molecule has 1 unspecified atom stereocenters. The topological polar surface area (TPSA) is 89.4 Å². The predicted octanol–water partition coefficient (Wildman–Crippen LogP) is 2.79. The Labute approximate surface area is 178 Å². The third-order valence-corrected chi connectivity index (χ3v) is 5.08. The maximum Gasteiger partial charge on any atom is 0.414 e. The Morgan fingerprint density at radius 3 is 2.74 bits per heavy atom. The van der Waals surface area contributed by atoms with Gasteiger partial charge in [-0.05, 0) is 35.7 Å². The minimum atomic E-state index is -0.556. The molecule has 2 aromatic carbocycles. The molecule has 0 spiro atoms. The number of cyclic esters (lactones) is 1. The summed E-state index contributed by atoms with van der Waals surface area (Å²) in [5.74, 6) is -0.625. The van der Waals surface area contributed by atoms with Crippen molar-refractivity contribution in [3.63, 3.8) is 0 Å². The lowest BCUT2D eigenvalue weighted by Crippen LogP contribution is -2.33. The first kappa shape index (κ1) is 20.5. The van der Waals surface area contributed by atoms with Crippen LogP contribution in [0.2, 0.25) is 0 Å². The number of amides is 2. The zero-order valence-electron chi connectivity index (χ0n) is 17.0. The molecule has 0 bridgehead atoms. The Balaban J connectivity index is 1.42. The third-order valence-electron chi connectivity index (χ3n) is 5.08. The molecule has 1 aromatic heterocycles. The average Bonchev–Trinajstić information content (AvgIpc) is 3.41. The van der Waals surface area contributed by atoms with Gasteiger partial charge in [-0.3, -0.25) is 14.4 Å². The van der Waals surface area contributed by atoms with Crippen molar-refractivity contribution in [3.05, 3.63) is 66.2 Å². The summed E-state index contributed by atoms with van der Waals surface area (Å²) in [7, 11) is 0. The molecule has 160 valence electrons. The third kappa shape index (κ3) is 4.88. The average molecular weight is 423 g/mol. The molecule has 1 aliphatic rings. The van der Waals surface area contributed by atoms with Gasteiger partial charge in [-0.15, -0.1) is 5.10 Å². The van der Waals surface area contributed by atoms with Crippen molar-refractivity contribution in [2.24, 2.45) is 0 Å². The van der Waals surface area contributed by atoms with E-state index < -0.39 is 18.0 Å². The van der Waals surface area contributed by atoms with Crippen LogP contribution >= 0.6 is 0 Å². The maximum atomic E-state index is 14.8. The Morgan fingerprint density at radius 2 is 2.06 bits per heavy atom. The molecule has 1 N–H and O–H groups in total. The Hall–Kier alpha value is -3.75. The lowest BCUT2D eigenvalue weighted by Gasteiger charge is -2.14. The van der Waals surface area contributed by atoms with Crippen LogP contribution < -0.4 is 10.2 Å². The second kappa shape index (κ2) is 8.95. The Bertz CT molecular complexity index is 1070. The smallest absolute Gasteiger partial charge is 0.414 e. The molecule has 2 amide bonds. The molecule has 0 saturated carbocycles. The van der Waals surface area contributed by atoms with E-state index in [4.69, 9.17) is 4.74 Å². The van der Waals surface area contributed by atoms with Crippen LogP contribution in [0.1, 0.15) is 12.5 Å². The van der Waals surface area contributed by atoms with Gasteiger partial charge in [0.05, 0.1) is 25.0 Å². The van der Waals surface area contributed by atoms with E-state index in [9.17, 15) is 14.0 Å². The standard InChI is InChI=1S/C22H22FN5O3/c1-15(29)24-13-19-14-28(22(30)31-19)18-6-7-20(21(23)12-18)17-4-2-16(3-5-17)8-10-27-11-9-25-26-27/h2-7,9,11-12,19H,8,10,13-14H2,1H3,(H,24,29). The zero-order valence-corrected chi connectivity index (χ0v) is 17.0. The minimum absolute atomic E-state index is 0.200. The number of aryl methyl sites for hydroxylation is 2. The summed E-state index contributed by atoms with van der Waals surface area (Å²) in [6, 6.07) is 12.4. The highest BCUT2D eigenvalue weighted by Gasteiger charge is 2.32. The van der Waals surface area contributed by atoms with Crippen LogP contribution in [0.5, 0.6) is 0 Å². The van der Waals surface area contributed by atoms with Gasteiger partial charge in [0, 0.05) is 25.2 Å². The van der Waals surface area contributed by atoms with Crippen molar-refractivity contribution in [3.8, 4) is 11.1 Å². The molecule has 4 rings (SSSR count). The maximum absolute atomic E-state index is 14.8. The van der Waals surface area contributed by atoms with Gasteiger partial charge >= 0.3 is 6.09 Å². The molecule has 1 saturated heterocycles.